The van der Waals surface area contributed by atoms with Crippen LogP contribution < -0.4 is 4.72 Å². The van der Waals surface area contributed by atoms with Gasteiger partial charge in [-0.1, -0.05) is 48.0 Å². The number of rotatable bonds is 9. The summed E-state index contributed by atoms with van der Waals surface area (Å²) in [7, 11) is 0.152. The van der Waals surface area contributed by atoms with Crippen LogP contribution in [-0.2, 0) is 16.6 Å². The van der Waals surface area contributed by atoms with E-state index in [1.807, 2.05) is 31.1 Å². The third-order valence-electron chi connectivity index (χ3n) is 4.81. The van der Waals surface area contributed by atoms with Crippen molar-refractivity contribution in [2.45, 2.75) is 11.4 Å². The Balaban J connectivity index is 1.82. The Labute approximate surface area is 194 Å². The first-order valence-corrected chi connectivity index (χ1v) is 12.0. The van der Waals surface area contributed by atoms with Crippen LogP contribution in [0.15, 0.2) is 83.8 Å². The van der Waals surface area contributed by atoms with Crippen molar-refractivity contribution in [2.75, 3.05) is 31.9 Å². The van der Waals surface area contributed by atoms with Crippen LogP contribution in [0.3, 0.4) is 0 Å². The first kappa shape index (κ1) is 23.8. The number of hydrogen-bond acceptors (Lipinski definition) is 4. The summed E-state index contributed by atoms with van der Waals surface area (Å²) in [6.45, 7) is 1.64. The van der Waals surface area contributed by atoms with Crippen LogP contribution in [0.1, 0.15) is 15.9 Å². The zero-order chi connectivity index (χ0) is 23.1. The lowest BCUT2D eigenvalue weighted by atomic mass is 10.1. The number of benzene rings is 3. The molecule has 0 aliphatic rings. The Morgan fingerprint density at radius 2 is 1.59 bits per heavy atom. The van der Waals surface area contributed by atoms with E-state index in [4.69, 9.17) is 11.6 Å². The van der Waals surface area contributed by atoms with E-state index in [0.717, 1.165) is 5.56 Å². The zero-order valence-electron chi connectivity index (χ0n) is 18.0. The van der Waals surface area contributed by atoms with Gasteiger partial charge in [0, 0.05) is 35.9 Å². The molecule has 0 atom stereocenters. The highest BCUT2D eigenvalue weighted by Crippen LogP contribution is 2.19. The van der Waals surface area contributed by atoms with E-state index >= 15 is 0 Å². The maximum Gasteiger partial charge on any atom is 0.261 e. The quantitative estimate of drug-likeness (QED) is 0.504. The molecule has 0 aromatic heterocycles. The molecule has 6 nitrogen and oxygen atoms in total. The lowest BCUT2D eigenvalue weighted by Gasteiger charge is -2.25. The molecule has 8 heteroatoms. The Morgan fingerprint density at radius 3 is 2.25 bits per heavy atom. The van der Waals surface area contributed by atoms with Crippen LogP contribution in [0.5, 0.6) is 0 Å². The van der Waals surface area contributed by atoms with Crippen molar-refractivity contribution in [3.8, 4) is 0 Å². The van der Waals surface area contributed by atoms with Crippen LogP contribution in [-0.4, -0.2) is 51.3 Å². The van der Waals surface area contributed by atoms with Gasteiger partial charge in [-0.2, -0.15) is 0 Å². The van der Waals surface area contributed by atoms with Crippen molar-refractivity contribution in [3.63, 3.8) is 0 Å². The number of anilines is 1. The Hall–Kier alpha value is -2.87. The number of likely N-dealkylation sites (N-methyl/N-ethyl adjacent to an activating group) is 1. The lowest BCUT2D eigenvalue weighted by Crippen LogP contribution is -2.36. The number of hydrogen-bond donors (Lipinski definition) is 1. The molecule has 3 rings (SSSR count). The summed E-state index contributed by atoms with van der Waals surface area (Å²) in [6.07, 6.45) is 0. The maximum atomic E-state index is 13.3. The van der Waals surface area contributed by atoms with Gasteiger partial charge in [0.05, 0.1) is 4.90 Å². The average Bonchev–Trinajstić information content (AvgIpc) is 2.78. The fourth-order valence-electron chi connectivity index (χ4n) is 3.10. The third-order valence-corrected chi connectivity index (χ3v) is 6.46. The lowest BCUT2D eigenvalue weighted by molar-refractivity contribution is 0.0732. The van der Waals surface area contributed by atoms with E-state index in [-0.39, 0.29) is 10.8 Å². The topological polar surface area (TPSA) is 69.7 Å². The van der Waals surface area contributed by atoms with Gasteiger partial charge in [0.1, 0.15) is 0 Å². The molecule has 0 spiro atoms. The molecule has 0 fully saturated rings. The van der Waals surface area contributed by atoms with Gasteiger partial charge in [0.15, 0.2) is 0 Å². The van der Waals surface area contributed by atoms with E-state index in [0.29, 0.717) is 35.9 Å². The number of carbonyl (C=O) groups excluding carboxylic acids is 1. The number of sulfonamides is 1. The van der Waals surface area contributed by atoms with E-state index in [1.54, 1.807) is 59.5 Å². The minimum atomic E-state index is -3.74. The van der Waals surface area contributed by atoms with Gasteiger partial charge in [-0.05, 0) is 62.1 Å². The number of nitrogens with zero attached hydrogens (tertiary/aromatic N) is 2. The standard InChI is InChI=1S/C24H26ClN3O3S/c1-27(2)15-16-28(18-19-11-13-21(25)14-12-19)24(29)20-7-6-8-22(17-20)26-32(30,31)23-9-4-3-5-10-23/h3-14,17,26H,15-16,18H2,1-2H3. The number of nitrogens with one attached hydrogen (secondary N) is 1. The molecular formula is C24H26ClN3O3S. The van der Waals surface area contributed by atoms with E-state index in [9.17, 15) is 13.2 Å². The summed E-state index contributed by atoms with van der Waals surface area (Å²) >= 11 is 5.98. The van der Waals surface area contributed by atoms with Crippen molar-refractivity contribution in [2.24, 2.45) is 0 Å². The molecule has 0 saturated carbocycles. The normalized spacial score (nSPS) is 11.4. The van der Waals surface area contributed by atoms with Gasteiger partial charge in [-0.25, -0.2) is 8.42 Å². The van der Waals surface area contributed by atoms with Gasteiger partial charge in [-0.15, -0.1) is 0 Å². The second kappa shape index (κ2) is 10.6. The van der Waals surface area contributed by atoms with Crippen LogP contribution in [0, 0.1) is 0 Å². The second-order valence-electron chi connectivity index (χ2n) is 7.66. The summed E-state index contributed by atoms with van der Waals surface area (Å²) < 4.78 is 27.8. The molecule has 168 valence electrons. The number of halogens is 1. The average molecular weight is 472 g/mol. The molecule has 1 amide bonds. The predicted octanol–water partition coefficient (Wildman–Crippen LogP) is 4.34. The Bertz CT molecular complexity index is 1150. The fourth-order valence-corrected chi connectivity index (χ4v) is 4.29. The number of amides is 1. The van der Waals surface area contributed by atoms with Crippen molar-refractivity contribution < 1.29 is 13.2 Å². The molecule has 0 unspecified atom stereocenters. The highest BCUT2D eigenvalue weighted by Gasteiger charge is 2.19. The Kier molecular flexibility index (Phi) is 7.90. The molecule has 0 aliphatic carbocycles. The summed E-state index contributed by atoms with van der Waals surface area (Å²) in [5, 5.41) is 0.637. The van der Waals surface area contributed by atoms with Gasteiger partial charge < -0.3 is 9.80 Å². The molecule has 0 heterocycles. The summed E-state index contributed by atoms with van der Waals surface area (Å²) in [5.41, 5.74) is 1.70. The number of carbonyl (C=O) groups is 1. The molecule has 1 N–H and O–H groups in total. The third kappa shape index (κ3) is 6.56. The largest absolute Gasteiger partial charge is 0.333 e. The predicted molar refractivity (Wildman–Crippen MR) is 128 cm³/mol. The molecule has 32 heavy (non-hydrogen) atoms. The minimum Gasteiger partial charge on any atom is -0.333 e. The maximum absolute atomic E-state index is 13.3. The van der Waals surface area contributed by atoms with Crippen LogP contribution in [0.4, 0.5) is 5.69 Å². The smallest absolute Gasteiger partial charge is 0.261 e. The summed E-state index contributed by atoms with van der Waals surface area (Å²) in [6, 6.07) is 22.0. The van der Waals surface area contributed by atoms with Gasteiger partial charge in [-0.3, -0.25) is 9.52 Å². The first-order valence-electron chi connectivity index (χ1n) is 10.1. The SMILES string of the molecule is CN(C)CCN(Cc1ccc(Cl)cc1)C(=O)c1cccc(NS(=O)(=O)c2ccccc2)c1. The van der Waals surface area contributed by atoms with Crippen molar-refractivity contribution in [1.82, 2.24) is 9.80 Å². The van der Waals surface area contributed by atoms with E-state index in [2.05, 4.69) is 4.72 Å². The van der Waals surface area contributed by atoms with Crippen molar-refractivity contribution in [1.29, 1.82) is 0 Å². The summed E-state index contributed by atoms with van der Waals surface area (Å²) in [4.78, 5) is 17.2. The van der Waals surface area contributed by atoms with Crippen LogP contribution in [0.2, 0.25) is 5.02 Å². The van der Waals surface area contributed by atoms with E-state index < -0.39 is 10.0 Å². The molecule has 0 bridgehead atoms. The van der Waals surface area contributed by atoms with E-state index in [1.165, 1.54) is 12.1 Å². The highest BCUT2D eigenvalue weighted by atomic mass is 35.5. The van der Waals surface area contributed by atoms with Crippen molar-refractivity contribution in [3.05, 3.63) is 95.0 Å². The molecular weight excluding hydrogens is 446 g/mol. The van der Waals surface area contributed by atoms with Gasteiger partial charge >= 0.3 is 0 Å². The molecule has 3 aromatic rings. The van der Waals surface area contributed by atoms with Crippen LogP contribution >= 0.6 is 11.6 Å². The van der Waals surface area contributed by atoms with Gasteiger partial charge in [0.2, 0.25) is 0 Å². The molecule has 3 aromatic carbocycles. The molecule has 0 radical (unpaired) electrons. The molecule has 0 aliphatic heterocycles. The minimum absolute atomic E-state index is 0.159. The molecule has 0 saturated heterocycles. The first-order chi connectivity index (χ1) is 15.2. The van der Waals surface area contributed by atoms with Crippen molar-refractivity contribution >= 4 is 33.2 Å². The Morgan fingerprint density at radius 1 is 0.906 bits per heavy atom. The van der Waals surface area contributed by atoms with Gasteiger partial charge in [0.25, 0.3) is 15.9 Å². The monoisotopic (exact) mass is 471 g/mol. The fraction of sp³-hybridized carbons (Fsp3) is 0.208. The zero-order valence-corrected chi connectivity index (χ0v) is 19.6. The highest BCUT2D eigenvalue weighted by molar-refractivity contribution is 7.92. The summed E-state index contributed by atoms with van der Waals surface area (Å²) in [5.74, 6) is -0.178. The second-order valence-corrected chi connectivity index (χ2v) is 9.77. The van der Waals surface area contributed by atoms with Crippen LogP contribution in [0.25, 0.3) is 0 Å².